The molecule has 6 nitrogen and oxygen atoms in total. The van der Waals surface area contributed by atoms with E-state index in [4.69, 9.17) is 40.5 Å². The highest BCUT2D eigenvalue weighted by Crippen LogP contribution is 2.19. The minimum Gasteiger partial charge on any atom is -0.383 e. The van der Waals surface area contributed by atoms with Crippen LogP contribution in [0.1, 0.15) is 0 Å². The number of nitrogens with one attached hydrogen (secondary N) is 1. The summed E-state index contributed by atoms with van der Waals surface area (Å²) < 4.78 is 1.58. The van der Waals surface area contributed by atoms with Gasteiger partial charge in [0.2, 0.25) is 11.1 Å². The van der Waals surface area contributed by atoms with E-state index in [0.29, 0.717) is 11.6 Å². The normalized spacial score (nSPS) is 8.71. The van der Waals surface area contributed by atoms with Gasteiger partial charge in [0, 0.05) is 10.8 Å². The van der Waals surface area contributed by atoms with Gasteiger partial charge in [-0.3, -0.25) is 9.59 Å². The van der Waals surface area contributed by atoms with Gasteiger partial charge in [0.15, 0.2) is 7.83 Å². The van der Waals surface area contributed by atoms with Gasteiger partial charge in [-0.25, -0.2) is 9.97 Å². The Kier molecular flexibility index (Phi) is 17.5. The molecular weight excluding hydrogens is 618 g/mol. The smallest absolute Gasteiger partial charge is 0.240 e. The number of anilines is 2. The number of hydrogen-bond acceptors (Lipinski definition) is 7. The van der Waals surface area contributed by atoms with Crippen LogP contribution in [0.2, 0.25) is 0 Å². The summed E-state index contributed by atoms with van der Waals surface area (Å²) in [5.74, 6) is 0.727. The van der Waals surface area contributed by atoms with Crippen molar-refractivity contribution in [2.24, 2.45) is 0 Å². The van der Waals surface area contributed by atoms with E-state index in [1.54, 1.807) is 10.8 Å². The van der Waals surface area contributed by atoms with Crippen molar-refractivity contribution in [1.29, 1.82) is 0 Å². The lowest BCUT2D eigenvalue weighted by Gasteiger charge is -1.94. The summed E-state index contributed by atoms with van der Waals surface area (Å²) in [6, 6.07) is 0. The molecule has 2 rings (SSSR count). The monoisotopic (exact) mass is 624 g/mol. The van der Waals surface area contributed by atoms with Crippen molar-refractivity contribution in [3.8, 4) is 0 Å². The summed E-state index contributed by atoms with van der Waals surface area (Å²) in [6.45, 7) is 0. The van der Waals surface area contributed by atoms with Gasteiger partial charge in [-0.15, -0.1) is 62.9 Å². The van der Waals surface area contributed by atoms with Crippen LogP contribution in [0.5, 0.6) is 0 Å². The number of carbonyl (C=O) groups excluding carboxylic acids is 2. The minimum absolute atomic E-state index is 0. The molecule has 0 aliphatic rings. The second-order valence-corrected chi connectivity index (χ2v) is 8.41. The first kappa shape index (κ1) is 26.7. The number of amides is 1. The number of carbonyl (C=O) groups is 2. The topological polar surface area (TPSA) is 98.0 Å². The van der Waals surface area contributed by atoms with Crippen LogP contribution in [0.25, 0.3) is 0 Å². The summed E-state index contributed by atoms with van der Waals surface area (Å²) in [5, 5.41) is 5.52. The van der Waals surface area contributed by atoms with Gasteiger partial charge in [-0.2, -0.15) is 0 Å². The SMILES string of the molecule is Br.Nc1csc(Br)n1.O=C(CCl)Nc1csc(Br)n1.O=C(Cl)CCl. The van der Waals surface area contributed by atoms with Crippen molar-refractivity contribution < 1.29 is 9.59 Å². The van der Waals surface area contributed by atoms with Crippen molar-refractivity contribution in [3.63, 3.8) is 0 Å². The van der Waals surface area contributed by atoms with Crippen LogP contribution in [-0.4, -0.2) is 32.9 Å². The molecule has 2 aromatic heterocycles. The Bertz CT molecular complexity index is 614. The Hall–Kier alpha value is 0.510. The van der Waals surface area contributed by atoms with Crippen LogP contribution >= 0.6 is 106 Å². The second kappa shape index (κ2) is 15.7. The molecule has 0 fully saturated rings. The van der Waals surface area contributed by atoms with Crippen molar-refractivity contribution >= 4 is 129 Å². The fraction of sp³-hybridized carbons (Fsp3) is 0.200. The molecule has 0 spiro atoms. The molecule has 0 atom stereocenters. The lowest BCUT2D eigenvalue weighted by atomic mass is 10.6. The van der Waals surface area contributed by atoms with E-state index in [0.717, 1.165) is 7.83 Å². The fourth-order valence-electron chi connectivity index (χ4n) is 0.749. The zero-order chi connectivity index (χ0) is 17.8. The summed E-state index contributed by atoms with van der Waals surface area (Å²) in [6.07, 6.45) is 0. The van der Waals surface area contributed by atoms with Crippen LogP contribution < -0.4 is 11.1 Å². The van der Waals surface area contributed by atoms with Gasteiger partial charge in [0.05, 0.1) is 5.88 Å². The van der Waals surface area contributed by atoms with Crippen molar-refractivity contribution in [2.45, 2.75) is 0 Å². The lowest BCUT2D eigenvalue weighted by Crippen LogP contribution is -2.12. The molecule has 0 radical (unpaired) electrons. The van der Waals surface area contributed by atoms with Crippen molar-refractivity contribution in [1.82, 2.24) is 9.97 Å². The second-order valence-electron chi connectivity index (χ2n) is 3.18. The maximum Gasteiger partial charge on any atom is 0.240 e. The molecule has 0 aromatic carbocycles. The largest absolute Gasteiger partial charge is 0.383 e. The number of nitrogens with two attached hydrogens (primary N) is 1. The van der Waals surface area contributed by atoms with Crippen LogP contribution in [0, 0.1) is 0 Å². The zero-order valence-corrected chi connectivity index (χ0v) is 20.3. The van der Waals surface area contributed by atoms with Gasteiger partial charge in [-0.05, 0) is 43.5 Å². The average molecular weight is 628 g/mol. The van der Waals surface area contributed by atoms with E-state index in [1.807, 2.05) is 0 Å². The molecule has 136 valence electrons. The number of aromatic nitrogens is 2. The Morgan fingerprint density at radius 3 is 1.88 bits per heavy atom. The maximum absolute atomic E-state index is 10.7. The molecule has 0 bridgehead atoms. The fourth-order valence-corrected chi connectivity index (χ4v) is 2.67. The molecule has 0 saturated heterocycles. The molecule has 2 heterocycles. The van der Waals surface area contributed by atoms with Gasteiger partial charge in [0.1, 0.15) is 17.5 Å². The van der Waals surface area contributed by atoms with Gasteiger partial charge < -0.3 is 11.1 Å². The van der Waals surface area contributed by atoms with Crippen LogP contribution in [0.15, 0.2) is 18.6 Å². The molecule has 1 amide bonds. The standard InChI is InChI=1S/C5H4BrClN2OS.C3H3BrN2S.C2H2Cl2O.BrH/c6-5-9-3(2-11-5)8-4(10)1-7;4-3-6-2(5)1-7-3;3-1-2(4)5;/h2H,1H2,(H,8,10);1H,5H2;1H2;1H. The summed E-state index contributed by atoms with van der Waals surface area (Å²) in [4.78, 5) is 27.9. The van der Waals surface area contributed by atoms with E-state index in [-0.39, 0.29) is 34.6 Å². The lowest BCUT2D eigenvalue weighted by molar-refractivity contribution is -0.114. The van der Waals surface area contributed by atoms with E-state index < -0.39 is 5.24 Å². The Labute approximate surface area is 188 Å². The number of rotatable bonds is 3. The number of halogens is 6. The third kappa shape index (κ3) is 14.8. The minimum atomic E-state index is -0.508. The number of alkyl halides is 2. The highest BCUT2D eigenvalue weighted by Gasteiger charge is 2.02. The molecule has 14 heteroatoms. The van der Waals surface area contributed by atoms with Crippen LogP contribution in [0.3, 0.4) is 0 Å². The predicted molar refractivity (Wildman–Crippen MR) is 115 cm³/mol. The van der Waals surface area contributed by atoms with Crippen LogP contribution in [-0.2, 0) is 9.59 Å². The third-order valence-electron chi connectivity index (χ3n) is 1.46. The first-order valence-corrected chi connectivity index (χ1v) is 10.1. The molecule has 3 N–H and O–H groups in total. The molecule has 0 aliphatic carbocycles. The van der Waals surface area contributed by atoms with E-state index in [1.165, 1.54) is 22.7 Å². The number of thiazole rings is 2. The highest BCUT2D eigenvalue weighted by atomic mass is 79.9. The van der Waals surface area contributed by atoms with Crippen molar-refractivity contribution in [2.75, 3.05) is 22.8 Å². The first-order chi connectivity index (χ1) is 10.8. The Morgan fingerprint density at radius 1 is 1.12 bits per heavy atom. The molecule has 0 saturated carbocycles. The maximum atomic E-state index is 10.7. The quantitative estimate of drug-likeness (QED) is 0.363. The van der Waals surface area contributed by atoms with E-state index >= 15 is 0 Å². The molecule has 0 unspecified atom stereocenters. The van der Waals surface area contributed by atoms with E-state index in [2.05, 4.69) is 47.1 Å². The first-order valence-electron chi connectivity index (χ1n) is 5.36. The van der Waals surface area contributed by atoms with Crippen LogP contribution in [0.4, 0.5) is 11.6 Å². The number of nitrogens with zero attached hydrogens (tertiary/aromatic N) is 2. The Balaban J connectivity index is 0. The van der Waals surface area contributed by atoms with E-state index in [9.17, 15) is 9.59 Å². The third-order valence-corrected chi connectivity index (χ3v) is 4.97. The average Bonchev–Trinajstić information content (AvgIpc) is 3.08. The summed E-state index contributed by atoms with van der Waals surface area (Å²) in [5.41, 5.74) is 5.25. The predicted octanol–water partition coefficient (Wildman–Crippen LogP) is 5.14. The van der Waals surface area contributed by atoms with Gasteiger partial charge >= 0.3 is 0 Å². The van der Waals surface area contributed by atoms with Gasteiger partial charge in [0.25, 0.3) is 0 Å². The number of hydrogen-bond donors (Lipinski definition) is 2. The summed E-state index contributed by atoms with van der Waals surface area (Å²) in [7, 11) is 0. The molecule has 2 aromatic rings. The van der Waals surface area contributed by atoms with Crippen molar-refractivity contribution in [3.05, 3.63) is 18.6 Å². The van der Waals surface area contributed by atoms with Gasteiger partial charge in [-0.1, -0.05) is 0 Å². The number of nitrogen functional groups attached to an aromatic ring is 1. The molecule has 24 heavy (non-hydrogen) atoms. The highest BCUT2D eigenvalue weighted by molar-refractivity contribution is 9.11. The summed E-state index contributed by atoms with van der Waals surface area (Å²) >= 11 is 24.0. The zero-order valence-electron chi connectivity index (χ0n) is 11.5. The molecular formula is C10H10Br3Cl3N4O2S2. The Morgan fingerprint density at radius 2 is 1.62 bits per heavy atom. The molecule has 0 aliphatic heterocycles.